The van der Waals surface area contributed by atoms with E-state index in [1.807, 2.05) is 25.1 Å². The lowest BCUT2D eigenvalue weighted by atomic mass is 10.1. The highest BCUT2D eigenvalue weighted by Gasteiger charge is 2.24. The summed E-state index contributed by atoms with van der Waals surface area (Å²) < 4.78 is 38.9. The summed E-state index contributed by atoms with van der Waals surface area (Å²) >= 11 is 0. The van der Waals surface area contributed by atoms with Crippen LogP contribution in [0.2, 0.25) is 0 Å². The van der Waals surface area contributed by atoms with E-state index >= 15 is 0 Å². The number of carbonyl (C=O) groups excluding carboxylic acids is 1. The normalized spacial score (nSPS) is 14.2. The van der Waals surface area contributed by atoms with Gasteiger partial charge in [-0.15, -0.1) is 4.40 Å². The first kappa shape index (κ1) is 21.6. The van der Waals surface area contributed by atoms with Crippen LogP contribution in [0.15, 0.2) is 45.7 Å². The molecule has 1 aliphatic heterocycles. The summed E-state index contributed by atoms with van der Waals surface area (Å²) in [4.78, 5) is 12.3. The van der Waals surface area contributed by atoms with Crippen LogP contribution in [-0.2, 0) is 21.2 Å². The van der Waals surface area contributed by atoms with Crippen LogP contribution in [0, 0.1) is 6.92 Å². The number of amides is 1. The van der Waals surface area contributed by atoms with Gasteiger partial charge < -0.3 is 20.1 Å². The summed E-state index contributed by atoms with van der Waals surface area (Å²) in [5.74, 6) is 1.38. The predicted octanol–water partition coefficient (Wildman–Crippen LogP) is 2.66. The number of sulfonamides is 1. The number of amidine groups is 1. The van der Waals surface area contributed by atoms with Crippen LogP contribution >= 0.6 is 0 Å². The lowest BCUT2D eigenvalue weighted by Gasteiger charge is -2.18. The highest BCUT2D eigenvalue weighted by molar-refractivity contribution is 7.90. The molecular formula is C21H25N3O5S. The van der Waals surface area contributed by atoms with Gasteiger partial charge in [-0.25, -0.2) is 0 Å². The van der Waals surface area contributed by atoms with Crippen LogP contribution in [-0.4, -0.2) is 40.9 Å². The third kappa shape index (κ3) is 5.10. The summed E-state index contributed by atoms with van der Waals surface area (Å²) in [7, 11) is -0.597. The zero-order valence-electron chi connectivity index (χ0n) is 17.2. The van der Waals surface area contributed by atoms with Gasteiger partial charge in [-0.3, -0.25) is 4.79 Å². The zero-order valence-corrected chi connectivity index (χ0v) is 18.0. The maximum Gasteiger partial charge on any atom is 0.286 e. The van der Waals surface area contributed by atoms with Gasteiger partial charge in [0.2, 0.25) is 5.91 Å². The van der Waals surface area contributed by atoms with Crippen molar-refractivity contribution >= 4 is 27.5 Å². The molecule has 3 rings (SSSR count). The molecule has 0 spiro atoms. The quantitative estimate of drug-likeness (QED) is 0.666. The largest absolute Gasteiger partial charge is 0.493 e. The monoisotopic (exact) mass is 431 g/mol. The SMILES string of the molecule is COc1ccc(CCNC(=O)CCC2=NS(=O)(=O)c3ccc(C)cc3N2)cc1OC. The topological polar surface area (TPSA) is 106 Å². The number of nitrogens with zero attached hydrogens (tertiary/aromatic N) is 1. The maximum absolute atomic E-state index is 12.3. The number of aryl methyl sites for hydroxylation is 1. The second-order valence-corrected chi connectivity index (χ2v) is 8.50. The van der Waals surface area contributed by atoms with E-state index < -0.39 is 10.0 Å². The highest BCUT2D eigenvalue weighted by Crippen LogP contribution is 2.29. The number of hydrogen-bond acceptors (Lipinski definition) is 6. The molecule has 1 amide bonds. The molecule has 0 saturated heterocycles. The molecule has 1 heterocycles. The van der Waals surface area contributed by atoms with E-state index in [2.05, 4.69) is 15.0 Å². The summed E-state index contributed by atoms with van der Waals surface area (Å²) in [5.41, 5.74) is 2.43. The van der Waals surface area contributed by atoms with Crippen molar-refractivity contribution in [2.45, 2.75) is 31.1 Å². The number of carbonyl (C=O) groups is 1. The van der Waals surface area contributed by atoms with Gasteiger partial charge in [0.25, 0.3) is 10.0 Å². The standard InChI is InChI=1S/C21H25N3O5S/c1-14-4-7-19-16(12-14)23-20(24-30(19,26)27)8-9-21(25)22-11-10-15-5-6-17(28-2)18(13-15)29-3/h4-7,12-13H,8-11H2,1-3H3,(H,22,25)(H,23,24). The van der Waals surface area contributed by atoms with E-state index in [9.17, 15) is 13.2 Å². The Morgan fingerprint density at radius 2 is 1.83 bits per heavy atom. The number of anilines is 1. The number of benzene rings is 2. The predicted molar refractivity (Wildman–Crippen MR) is 115 cm³/mol. The number of hydrogen-bond donors (Lipinski definition) is 2. The minimum atomic E-state index is -3.75. The lowest BCUT2D eigenvalue weighted by Crippen LogP contribution is -2.28. The van der Waals surface area contributed by atoms with Gasteiger partial charge in [-0.2, -0.15) is 8.42 Å². The van der Waals surface area contributed by atoms with E-state index in [0.29, 0.717) is 30.2 Å². The zero-order chi connectivity index (χ0) is 21.7. The number of nitrogens with one attached hydrogen (secondary N) is 2. The Hall–Kier alpha value is -3.07. The Bertz CT molecular complexity index is 1080. The van der Waals surface area contributed by atoms with E-state index in [0.717, 1.165) is 11.1 Å². The van der Waals surface area contributed by atoms with Gasteiger partial charge in [0, 0.05) is 19.4 Å². The third-order valence-corrected chi connectivity index (χ3v) is 6.07. The number of rotatable bonds is 8. The van der Waals surface area contributed by atoms with Crippen molar-refractivity contribution < 1.29 is 22.7 Å². The fraction of sp³-hybridized carbons (Fsp3) is 0.333. The number of ether oxygens (including phenoxy) is 2. The fourth-order valence-electron chi connectivity index (χ4n) is 3.15. The number of methoxy groups -OCH3 is 2. The molecule has 0 aromatic heterocycles. The molecule has 30 heavy (non-hydrogen) atoms. The van der Waals surface area contributed by atoms with E-state index in [-0.39, 0.29) is 29.5 Å². The van der Waals surface area contributed by atoms with Crippen LogP contribution in [0.4, 0.5) is 5.69 Å². The molecule has 1 aliphatic rings. The van der Waals surface area contributed by atoms with Gasteiger partial charge in [0.1, 0.15) is 10.7 Å². The molecule has 2 N–H and O–H groups in total. The lowest BCUT2D eigenvalue weighted by molar-refractivity contribution is -0.120. The molecule has 0 unspecified atom stereocenters. The smallest absolute Gasteiger partial charge is 0.286 e. The molecule has 0 radical (unpaired) electrons. The van der Waals surface area contributed by atoms with Crippen LogP contribution in [0.5, 0.6) is 11.5 Å². The molecule has 0 fully saturated rings. The van der Waals surface area contributed by atoms with Crippen molar-refractivity contribution in [3.63, 3.8) is 0 Å². The molecular weight excluding hydrogens is 406 g/mol. The Morgan fingerprint density at radius 3 is 2.57 bits per heavy atom. The van der Waals surface area contributed by atoms with Crippen molar-refractivity contribution in [1.29, 1.82) is 0 Å². The molecule has 0 saturated carbocycles. The first-order chi connectivity index (χ1) is 14.3. The summed E-state index contributed by atoms with van der Waals surface area (Å²) in [5, 5.41) is 5.86. The first-order valence-electron chi connectivity index (χ1n) is 9.51. The van der Waals surface area contributed by atoms with Crippen molar-refractivity contribution in [2.24, 2.45) is 4.40 Å². The van der Waals surface area contributed by atoms with E-state index in [1.165, 1.54) is 6.07 Å². The molecule has 0 bridgehead atoms. The second kappa shape index (κ2) is 9.17. The minimum absolute atomic E-state index is 0.133. The fourth-order valence-corrected chi connectivity index (χ4v) is 4.30. The molecule has 0 atom stereocenters. The van der Waals surface area contributed by atoms with Crippen molar-refractivity contribution in [3.05, 3.63) is 47.5 Å². The minimum Gasteiger partial charge on any atom is -0.493 e. The van der Waals surface area contributed by atoms with Crippen LogP contribution in [0.25, 0.3) is 0 Å². The molecule has 8 nitrogen and oxygen atoms in total. The van der Waals surface area contributed by atoms with Crippen LogP contribution < -0.4 is 20.1 Å². The summed E-state index contributed by atoms with van der Waals surface area (Å²) in [6.45, 7) is 2.33. The average Bonchev–Trinajstić information content (AvgIpc) is 2.71. The van der Waals surface area contributed by atoms with Gasteiger partial charge in [-0.1, -0.05) is 12.1 Å². The molecule has 160 valence electrons. The Balaban J connectivity index is 1.51. The second-order valence-electron chi connectivity index (χ2n) is 6.93. The Kier molecular flexibility index (Phi) is 6.61. The molecule has 9 heteroatoms. The van der Waals surface area contributed by atoms with Gasteiger partial charge >= 0.3 is 0 Å². The van der Waals surface area contributed by atoms with Gasteiger partial charge in [0.15, 0.2) is 11.5 Å². The molecule has 2 aromatic rings. The highest BCUT2D eigenvalue weighted by atomic mass is 32.2. The van der Waals surface area contributed by atoms with Crippen LogP contribution in [0.1, 0.15) is 24.0 Å². The summed E-state index contributed by atoms with van der Waals surface area (Å²) in [6, 6.07) is 10.6. The van der Waals surface area contributed by atoms with E-state index in [1.54, 1.807) is 26.4 Å². The van der Waals surface area contributed by atoms with Gasteiger partial charge in [0.05, 0.1) is 19.9 Å². The van der Waals surface area contributed by atoms with Crippen molar-refractivity contribution in [3.8, 4) is 11.5 Å². The van der Waals surface area contributed by atoms with Crippen LogP contribution in [0.3, 0.4) is 0 Å². The van der Waals surface area contributed by atoms with E-state index in [4.69, 9.17) is 9.47 Å². The summed E-state index contributed by atoms with van der Waals surface area (Å²) in [6.07, 6.45) is 0.968. The first-order valence-corrected chi connectivity index (χ1v) is 11.0. The average molecular weight is 432 g/mol. The van der Waals surface area contributed by atoms with Crippen molar-refractivity contribution in [1.82, 2.24) is 5.32 Å². The number of fused-ring (bicyclic) bond motifs is 1. The third-order valence-electron chi connectivity index (χ3n) is 4.69. The Morgan fingerprint density at radius 1 is 1.07 bits per heavy atom. The van der Waals surface area contributed by atoms with Gasteiger partial charge in [-0.05, 0) is 48.7 Å². The molecule has 0 aliphatic carbocycles. The maximum atomic E-state index is 12.3. The Labute approximate surface area is 176 Å². The molecule has 2 aromatic carbocycles. The van der Waals surface area contributed by atoms with Crippen molar-refractivity contribution in [2.75, 3.05) is 26.1 Å².